The van der Waals surface area contributed by atoms with Crippen molar-refractivity contribution >= 4 is 0 Å². The summed E-state index contributed by atoms with van der Waals surface area (Å²) in [5.41, 5.74) is 3.13. The van der Waals surface area contributed by atoms with Gasteiger partial charge in [0.2, 0.25) is 0 Å². The van der Waals surface area contributed by atoms with Crippen LogP contribution in [0.25, 0.3) is 0 Å². The summed E-state index contributed by atoms with van der Waals surface area (Å²) in [7, 11) is 0. The van der Waals surface area contributed by atoms with Crippen LogP contribution in [0.4, 0.5) is 0 Å². The Labute approximate surface area is 110 Å². The molecule has 1 aliphatic heterocycles. The van der Waals surface area contributed by atoms with Gasteiger partial charge in [-0.2, -0.15) is 0 Å². The number of hydrogen-bond donors (Lipinski definition) is 1. The van der Waals surface area contributed by atoms with Crippen LogP contribution in [-0.2, 0) is 12.8 Å². The smallest absolute Gasteiger partial charge is 0.122 e. The third-order valence-electron chi connectivity index (χ3n) is 4.35. The highest BCUT2D eigenvalue weighted by molar-refractivity contribution is 5.39. The van der Waals surface area contributed by atoms with Gasteiger partial charge in [-0.3, -0.25) is 0 Å². The first-order valence-corrected chi connectivity index (χ1v) is 7.15. The van der Waals surface area contributed by atoms with Crippen molar-refractivity contribution in [2.45, 2.75) is 45.1 Å². The summed E-state index contributed by atoms with van der Waals surface area (Å²) < 4.78 is 5.54. The molecule has 1 heterocycles. The van der Waals surface area contributed by atoms with Crippen molar-refractivity contribution in [1.29, 1.82) is 0 Å². The molecule has 0 atom stereocenters. The molecule has 1 N–H and O–H groups in total. The van der Waals surface area contributed by atoms with Gasteiger partial charge in [0, 0.05) is 12.0 Å². The van der Waals surface area contributed by atoms with Crippen LogP contribution in [-0.4, -0.2) is 18.7 Å². The van der Waals surface area contributed by atoms with E-state index in [0.29, 0.717) is 5.54 Å². The molecule has 1 aromatic rings. The van der Waals surface area contributed by atoms with Gasteiger partial charge in [-0.05, 0) is 62.8 Å². The summed E-state index contributed by atoms with van der Waals surface area (Å²) in [5.74, 6) is 1.98. The van der Waals surface area contributed by atoms with Crippen molar-refractivity contribution in [1.82, 2.24) is 5.32 Å². The number of benzene rings is 1. The van der Waals surface area contributed by atoms with E-state index in [2.05, 4.69) is 37.4 Å². The third kappa shape index (κ3) is 2.54. The van der Waals surface area contributed by atoms with E-state index in [4.69, 9.17) is 4.74 Å². The maximum atomic E-state index is 5.54. The van der Waals surface area contributed by atoms with Crippen LogP contribution in [0.5, 0.6) is 5.75 Å². The van der Waals surface area contributed by atoms with Crippen LogP contribution in [0.15, 0.2) is 18.2 Å². The SMILES string of the molecule is CC(C)(NCCc1ccc2c(c1)CCO2)C1CC1. The molecule has 98 valence electrons. The minimum atomic E-state index is 0.319. The van der Waals surface area contributed by atoms with Crippen LogP contribution in [0, 0.1) is 5.92 Å². The first-order valence-electron chi connectivity index (χ1n) is 7.15. The van der Waals surface area contributed by atoms with Gasteiger partial charge in [-0.1, -0.05) is 12.1 Å². The number of rotatable bonds is 5. The van der Waals surface area contributed by atoms with Crippen LogP contribution in [0.1, 0.15) is 37.8 Å². The van der Waals surface area contributed by atoms with Gasteiger partial charge in [0.1, 0.15) is 5.75 Å². The Balaban J connectivity index is 1.54. The highest BCUT2D eigenvalue weighted by Gasteiger charge is 2.36. The molecule has 0 spiro atoms. The Morgan fingerprint density at radius 2 is 2.17 bits per heavy atom. The monoisotopic (exact) mass is 245 g/mol. The zero-order valence-electron chi connectivity index (χ0n) is 11.5. The molecule has 0 aromatic heterocycles. The molecular formula is C16H23NO. The molecule has 2 aliphatic rings. The van der Waals surface area contributed by atoms with Crippen molar-refractivity contribution < 1.29 is 4.74 Å². The second-order valence-electron chi connectivity index (χ2n) is 6.21. The molecule has 1 aliphatic carbocycles. The summed E-state index contributed by atoms with van der Waals surface area (Å²) in [6.07, 6.45) is 4.99. The maximum absolute atomic E-state index is 5.54. The minimum absolute atomic E-state index is 0.319. The Kier molecular flexibility index (Phi) is 3.06. The molecule has 0 amide bonds. The van der Waals surface area contributed by atoms with E-state index in [0.717, 1.165) is 37.7 Å². The Morgan fingerprint density at radius 1 is 1.33 bits per heavy atom. The minimum Gasteiger partial charge on any atom is -0.493 e. The lowest BCUT2D eigenvalue weighted by Crippen LogP contribution is -2.42. The van der Waals surface area contributed by atoms with E-state index >= 15 is 0 Å². The lowest BCUT2D eigenvalue weighted by molar-refractivity contribution is 0.344. The number of fused-ring (bicyclic) bond motifs is 1. The quantitative estimate of drug-likeness (QED) is 0.861. The van der Waals surface area contributed by atoms with Crippen molar-refractivity contribution in [2.75, 3.05) is 13.2 Å². The van der Waals surface area contributed by atoms with Gasteiger partial charge in [0.15, 0.2) is 0 Å². The predicted octanol–water partition coefficient (Wildman–Crippen LogP) is 2.94. The standard InChI is InChI=1S/C16H23NO/c1-16(2,14-4-5-14)17-9-7-12-3-6-15-13(11-12)8-10-18-15/h3,6,11,14,17H,4-5,7-10H2,1-2H3. The molecule has 2 heteroatoms. The van der Waals surface area contributed by atoms with E-state index in [1.165, 1.54) is 24.0 Å². The fourth-order valence-electron chi connectivity index (χ4n) is 2.87. The first-order chi connectivity index (χ1) is 8.65. The van der Waals surface area contributed by atoms with Crippen molar-refractivity contribution in [3.8, 4) is 5.75 Å². The van der Waals surface area contributed by atoms with Gasteiger partial charge in [-0.25, -0.2) is 0 Å². The molecule has 1 aromatic carbocycles. The fraction of sp³-hybridized carbons (Fsp3) is 0.625. The molecule has 0 bridgehead atoms. The van der Waals surface area contributed by atoms with Gasteiger partial charge in [-0.15, -0.1) is 0 Å². The normalized spacial score (nSPS) is 18.6. The van der Waals surface area contributed by atoms with Crippen molar-refractivity contribution in [3.05, 3.63) is 29.3 Å². The van der Waals surface area contributed by atoms with Crippen LogP contribution < -0.4 is 10.1 Å². The molecule has 2 nitrogen and oxygen atoms in total. The Morgan fingerprint density at radius 3 is 2.94 bits per heavy atom. The zero-order chi connectivity index (χ0) is 12.6. The Bertz CT molecular complexity index is 435. The molecule has 1 saturated carbocycles. The van der Waals surface area contributed by atoms with E-state index in [1.807, 2.05) is 0 Å². The molecule has 0 unspecified atom stereocenters. The molecular weight excluding hydrogens is 222 g/mol. The van der Waals surface area contributed by atoms with Crippen molar-refractivity contribution in [2.24, 2.45) is 5.92 Å². The molecule has 3 rings (SSSR count). The van der Waals surface area contributed by atoms with E-state index in [1.54, 1.807) is 0 Å². The molecule has 18 heavy (non-hydrogen) atoms. The van der Waals surface area contributed by atoms with Gasteiger partial charge < -0.3 is 10.1 Å². The number of hydrogen-bond acceptors (Lipinski definition) is 2. The summed E-state index contributed by atoms with van der Waals surface area (Å²) >= 11 is 0. The molecule has 1 fully saturated rings. The highest BCUT2D eigenvalue weighted by atomic mass is 16.5. The zero-order valence-corrected chi connectivity index (χ0v) is 11.5. The average molecular weight is 245 g/mol. The van der Waals surface area contributed by atoms with Crippen LogP contribution in [0.3, 0.4) is 0 Å². The van der Waals surface area contributed by atoms with Gasteiger partial charge in [0.25, 0.3) is 0 Å². The second-order valence-corrected chi connectivity index (χ2v) is 6.21. The van der Waals surface area contributed by atoms with Crippen molar-refractivity contribution in [3.63, 3.8) is 0 Å². The topological polar surface area (TPSA) is 21.3 Å². The number of nitrogens with one attached hydrogen (secondary N) is 1. The lowest BCUT2D eigenvalue weighted by Gasteiger charge is -2.26. The highest BCUT2D eigenvalue weighted by Crippen LogP contribution is 2.39. The largest absolute Gasteiger partial charge is 0.493 e. The Hall–Kier alpha value is -1.02. The molecule has 0 saturated heterocycles. The average Bonchev–Trinajstić information content (AvgIpc) is 3.09. The van der Waals surface area contributed by atoms with Gasteiger partial charge >= 0.3 is 0 Å². The van der Waals surface area contributed by atoms with Crippen LogP contribution >= 0.6 is 0 Å². The predicted molar refractivity (Wildman–Crippen MR) is 74.2 cm³/mol. The second kappa shape index (κ2) is 4.58. The molecule has 0 radical (unpaired) electrons. The maximum Gasteiger partial charge on any atom is 0.122 e. The summed E-state index contributed by atoms with van der Waals surface area (Å²) in [6, 6.07) is 6.65. The summed E-state index contributed by atoms with van der Waals surface area (Å²) in [5, 5.41) is 3.71. The summed E-state index contributed by atoms with van der Waals surface area (Å²) in [6.45, 7) is 6.59. The lowest BCUT2D eigenvalue weighted by atomic mass is 9.98. The third-order valence-corrected chi connectivity index (χ3v) is 4.35. The van der Waals surface area contributed by atoms with E-state index in [9.17, 15) is 0 Å². The van der Waals surface area contributed by atoms with E-state index in [-0.39, 0.29) is 0 Å². The number of ether oxygens (including phenoxy) is 1. The fourth-order valence-corrected chi connectivity index (χ4v) is 2.87. The summed E-state index contributed by atoms with van der Waals surface area (Å²) in [4.78, 5) is 0. The first kappa shape index (κ1) is 12.0. The van der Waals surface area contributed by atoms with Gasteiger partial charge in [0.05, 0.1) is 6.61 Å². The van der Waals surface area contributed by atoms with E-state index < -0.39 is 0 Å². The van der Waals surface area contributed by atoms with Crippen LogP contribution in [0.2, 0.25) is 0 Å².